The van der Waals surface area contributed by atoms with Gasteiger partial charge in [0.1, 0.15) is 5.75 Å². The monoisotopic (exact) mass is 377 g/mol. The fraction of sp³-hybridized carbons (Fsp3) is 0.667. The Hall–Kier alpha value is -1.79. The van der Waals surface area contributed by atoms with E-state index in [0.717, 1.165) is 37.8 Å². The third kappa shape index (κ3) is 8.63. The van der Waals surface area contributed by atoms with Gasteiger partial charge in [0.2, 0.25) is 0 Å². The molecule has 27 heavy (non-hydrogen) atoms. The van der Waals surface area contributed by atoms with Crippen molar-refractivity contribution in [1.82, 2.24) is 10.6 Å². The molecule has 0 heterocycles. The average Bonchev–Trinajstić information content (AvgIpc) is 3.50. The second-order valence-corrected chi connectivity index (χ2v) is 7.24. The van der Waals surface area contributed by atoms with Crippen LogP contribution in [0.2, 0.25) is 0 Å². The molecule has 0 amide bonds. The second kappa shape index (κ2) is 11.8. The van der Waals surface area contributed by atoms with E-state index in [9.17, 15) is 5.11 Å². The first kappa shape index (κ1) is 21.5. The molecule has 0 saturated heterocycles. The van der Waals surface area contributed by atoms with E-state index in [1.807, 2.05) is 19.1 Å². The van der Waals surface area contributed by atoms with Gasteiger partial charge in [0.05, 0.1) is 26.4 Å². The highest BCUT2D eigenvalue weighted by Crippen LogP contribution is 2.28. The van der Waals surface area contributed by atoms with Crippen molar-refractivity contribution < 1.29 is 14.6 Å². The van der Waals surface area contributed by atoms with E-state index >= 15 is 0 Å². The van der Waals surface area contributed by atoms with Gasteiger partial charge in [0.15, 0.2) is 5.96 Å². The number of rotatable bonds is 12. The van der Waals surface area contributed by atoms with Gasteiger partial charge in [-0.05, 0) is 55.7 Å². The van der Waals surface area contributed by atoms with Gasteiger partial charge in [0, 0.05) is 19.7 Å². The van der Waals surface area contributed by atoms with Crippen molar-refractivity contribution in [1.29, 1.82) is 0 Å². The molecule has 6 heteroatoms. The summed E-state index contributed by atoms with van der Waals surface area (Å²) in [6.45, 7) is 7.31. The van der Waals surface area contributed by atoms with Crippen molar-refractivity contribution >= 4 is 5.96 Å². The molecule has 152 valence electrons. The van der Waals surface area contributed by atoms with Gasteiger partial charge in [-0.1, -0.05) is 19.1 Å². The maximum absolute atomic E-state index is 10.0. The summed E-state index contributed by atoms with van der Waals surface area (Å²) in [5.74, 6) is 2.77. The third-order valence-corrected chi connectivity index (χ3v) is 4.72. The van der Waals surface area contributed by atoms with Gasteiger partial charge in [-0.2, -0.15) is 0 Å². The van der Waals surface area contributed by atoms with Crippen molar-refractivity contribution in [2.24, 2.45) is 10.9 Å². The molecule has 2 unspecified atom stereocenters. The molecule has 1 aliphatic carbocycles. The molecule has 1 aromatic rings. The van der Waals surface area contributed by atoms with Gasteiger partial charge < -0.3 is 25.2 Å². The van der Waals surface area contributed by atoms with Crippen LogP contribution in [0.15, 0.2) is 29.3 Å². The van der Waals surface area contributed by atoms with Crippen LogP contribution in [0.25, 0.3) is 0 Å². The minimum Gasteiger partial charge on any atom is -0.497 e. The minimum absolute atomic E-state index is 0.341. The highest BCUT2D eigenvalue weighted by atomic mass is 16.5. The number of hydrogen-bond acceptors (Lipinski definition) is 4. The molecule has 0 aliphatic heterocycles. The zero-order chi connectivity index (χ0) is 19.5. The van der Waals surface area contributed by atoms with Crippen LogP contribution in [0.1, 0.15) is 44.6 Å². The van der Waals surface area contributed by atoms with Gasteiger partial charge in [-0.25, -0.2) is 0 Å². The highest BCUT2D eigenvalue weighted by molar-refractivity contribution is 5.79. The Morgan fingerprint density at radius 3 is 2.63 bits per heavy atom. The topological polar surface area (TPSA) is 75.1 Å². The maximum Gasteiger partial charge on any atom is 0.191 e. The number of methoxy groups -OCH3 is 1. The summed E-state index contributed by atoms with van der Waals surface area (Å²) in [5.41, 5.74) is 1.29. The van der Waals surface area contributed by atoms with Gasteiger partial charge in [-0.3, -0.25) is 4.99 Å². The summed E-state index contributed by atoms with van der Waals surface area (Å²) < 4.78 is 10.7. The van der Waals surface area contributed by atoms with Crippen molar-refractivity contribution in [3.05, 3.63) is 29.8 Å². The van der Waals surface area contributed by atoms with Crippen LogP contribution < -0.4 is 15.4 Å². The fourth-order valence-electron chi connectivity index (χ4n) is 2.75. The Morgan fingerprint density at radius 1 is 1.26 bits per heavy atom. The van der Waals surface area contributed by atoms with Crippen LogP contribution in [-0.2, 0) is 4.74 Å². The van der Waals surface area contributed by atoms with Crippen LogP contribution >= 0.6 is 0 Å². The molecule has 0 radical (unpaired) electrons. The first-order valence-corrected chi connectivity index (χ1v) is 10.0. The lowest BCUT2D eigenvalue weighted by Crippen LogP contribution is -2.39. The average molecular weight is 378 g/mol. The number of guanidine groups is 1. The summed E-state index contributed by atoms with van der Waals surface area (Å²) in [7, 11) is 1.68. The summed E-state index contributed by atoms with van der Waals surface area (Å²) in [4.78, 5) is 4.47. The summed E-state index contributed by atoms with van der Waals surface area (Å²) in [6, 6.07) is 8.22. The summed E-state index contributed by atoms with van der Waals surface area (Å²) >= 11 is 0. The van der Waals surface area contributed by atoms with Crippen LogP contribution in [0, 0.1) is 5.92 Å². The number of benzene rings is 1. The molecule has 1 saturated carbocycles. The number of aliphatic imine (C=N–C) groups is 1. The van der Waals surface area contributed by atoms with Gasteiger partial charge in [0.25, 0.3) is 0 Å². The first-order valence-electron chi connectivity index (χ1n) is 10.0. The molecule has 1 aliphatic rings. The van der Waals surface area contributed by atoms with Crippen LogP contribution in [0.5, 0.6) is 5.75 Å². The van der Waals surface area contributed by atoms with E-state index in [4.69, 9.17) is 9.47 Å². The molecule has 6 nitrogen and oxygen atoms in total. The Balaban J connectivity index is 1.69. The van der Waals surface area contributed by atoms with E-state index in [2.05, 4.69) is 34.7 Å². The number of hydrogen-bond donors (Lipinski definition) is 3. The molecule has 2 rings (SSSR count). The Bertz CT molecular complexity index is 558. The zero-order valence-electron chi connectivity index (χ0n) is 16.9. The number of ether oxygens (including phenoxy) is 2. The lowest BCUT2D eigenvalue weighted by molar-refractivity contribution is 0.0368. The molecule has 0 aromatic heterocycles. The predicted octanol–water partition coefficient (Wildman–Crippen LogP) is 2.53. The van der Waals surface area contributed by atoms with Crippen LogP contribution in [0.4, 0.5) is 0 Å². The lowest BCUT2D eigenvalue weighted by atomic mass is 9.98. The van der Waals surface area contributed by atoms with Crippen molar-refractivity contribution in [3.8, 4) is 5.75 Å². The molecule has 1 aromatic carbocycles. The molecular formula is C21H35N3O3. The maximum atomic E-state index is 10.0. The number of aliphatic hydroxyl groups is 1. The van der Waals surface area contributed by atoms with Gasteiger partial charge >= 0.3 is 0 Å². The van der Waals surface area contributed by atoms with Crippen LogP contribution in [0.3, 0.4) is 0 Å². The Labute approximate surface area is 163 Å². The molecular weight excluding hydrogens is 342 g/mol. The van der Waals surface area contributed by atoms with E-state index in [1.165, 1.54) is 18.4 Å². The number of aliphatic hydroxyl groups excluding tert-OH is 1. The van der Waals surface area contributed by atoms with Crippen molar-refractivity contribution in [3.63, 3.8) is 0 Å². The van der Waals surface area contributed by atoms with Crippen molar-refractivity contribution in [2.75, 3.05) is 40.0 Å². The summed E-state index contributed by atoms with van der Waals surface area (Å²) in [5, 5.41) is 16.6. The standard InChI is InChI=1S/C21H35N3O3/c1-4-22-21(24-13-19(25)15-27-14-17-5-6-17)23-12-11-16(2)18-7-9-20(26-3)10-8-18/h7-10,16-17,19,25H,4-6,11-15H2,1-3H3,(H2,22,23,24). The SMILES string of the molecule is CCNC(=NCC(O)COCC1CC1)NCCC(C)c1ccc(OC)cc1. The minimum atomic E-state index is -0.558. The van der Waals surface area contributed by atoms with Gasteiger partial charge in [-0.15, -0.1) is 0 Å². The van der Waals surface area contributed by atoms with Crippen LogP contribution in [-0.4, -0.2) is 57.1 Å². The molecule has 3 N–H and O–H groups in total. The molecule has 1 fully saturated rings. The van der Waals surface area contributed by atoms with E-state index in [0.29, 0.717) is 25.0 Å². The number of nitrogens with zero attached hydrogens (tertiary/aromatic N) is 1. The van der Waals surface area contributed by atoms with E-state index in [-0.39, 0.29) is 0 Å². The lowest BCUT2D eigenvalue weighted by Gasteiger charge is -2.16. The Morgan fingerprint density at radius 2 is 2.00 bits per heavy atom. The smallest absolute Gasteiger partial charge is 0.191 e. The Kier molecular flexibility index (Phi) is 9.42. The quantitative estimate of drug-likeness (QED) is 0.386. The number of nitrogens with one attached hydrogen (secondary N) is 2. The largest absolute Gasteiger partial charge is 0.497 e. The second-order valence-electron chi connectivity index (χ2n) is 7.24. The van der Waals surface area contributed by atoms with E-state index < -0.39 is 6.10 Å². The summed E-state index contributed by atoms with van der Waals surface area (Å²) in [6.07, 6.45) is 2.96. The first-order chi connectivity index (χ1) is 13.1. The highest BCUT2D eigenvalue weighted by Gasteiger charge is 2.21. The third-order valence-electron chi connectivity index (χ3n) is 4.72. The normalized spacial score (nSPS) is 16.7. The van der Waals surface area contributed by atoms with E-state index in [1.54, 1.807) is 7.11 Å². The molecule has 0 spiro atoms. The predicted molar refractivity (Wildman–Crippen MR) is 110 cm³/mol. The molecule has 2 atom stereocenters. The fourth-order valence-corrected chi connectivity index (χ4v) is 2.75. The zero-order valence-corrected chi connectivity index (χ0v) is 16.9. The molecule has 0 bridgehead atoms. The van der Waals surface area contributed by atoms with Crippen molar-refractivity contribution in [2.45, 2.75) is 45.1 Å².